The summed E-state index contributed by atoms with van der Waals surface area (Å²) in [6, 6.07) is 14.8. The van der Waals surface area contributed by atoms with Crippen molar-refractivity contribution >= 4 is 39.3 Å². The standard InChI is InChI=1S/C26H31BrClN3O3/c1-29-13-15-30(16-14-29)24(32)17-26(19-34-21-9-7-20(28)8-10-21)11-4-12-31(18-26)25(33)22-5-2-3-6-23(22)27/h2-3,5-10H,4,11-19H2,1H3. The first kappa shape index (κ1) is 25.0. The molecule has 182 valence electrons. The van der Waals surface area contributed by atoms with Crippen LogP contribution in [0.5, 0.6) is 5.75 Å². The van der Waals surface area contributed by atoms with E-state index in [0.29, 0.717) is 42.5 Å². The van der Waals surface area contributed by atoms with Gasteiger partial charge >= 0.3 is 0 Å². The van der Waals surface area contributed by atoms with Crippen molar-refractivity contribution in [3.63, 3.8) is 0 Å². The van der Waals surface area contributed by atoms with Crippen LogP contribution in [0.15, 0.2) is 53.0 Å². The molecule has 2 amide bonds. The number of halogens is 2. The summed E-state index contributed by atoms with van der Waals surface area (Å²) in [5.74, 6) is 0.836. The van der Waals surface area contributed by atoms with E-state index in [1.54, 1.807) is 12.1 Å². The summed E-state index contributed by atoms with van der Waals surface area (Å²) in [4.78, 5) is 32.8. The summed E-state index contributed by atoms with van der Waals surface area (Å²) >= 11 is 9.53. The number of likely N-dealkylation sites (tertiary alicyclic amines) is 1. The van der Waals surface area contributed by atoms with Crippen molar-refractivity contribution in [1.82, 2.24) is 14.7 Å². The van der Waals surface area contributed by atoms with Gasteiger partial charge in [0.25, 0.3) is 5.91 Å². The fraction of sp³-hybridized carbons (Fsp3) is 0.462. The van der Waals surface area contributed by atoms with Crippen molar-refractivity contribution in [3.8, 4) is 5.75 Å². The number of hydrogen-bond donors (Lipinski definition) is 0. The maximum Gasteiger partial charge on any atom is 0.255 e. The quantitative estimate of drug-likeness (QED) is 0.531. The molecule has 0 spiro atoms. The van der Waals surface area contributed by atoms with Crippen LogP contribution < -0.4 is 4.74 Å². The molecule has 4 rings (SSSR count). The number of likely N-dealkylation sites (N-methyl/N-ethyl adjacent to an activating group) is 1. The first-order valence-electron chi connectivity index (χ1n) is 11.7. The summed E-state index contributed by atoms with van der Waals surface area (Å²) in [5, 5.41) is 0.648. The lowest BCUT2D eigenvalue weighted by Crippen LogP contribution is -2.53. The minimum atomic E-state index is -0.449. The van der Waals surface area contributed by atoms with E-state index in [1.807, 2.05) is 46.2 Å². The van der Waals surface area contributed by atoms with Gasteiger partial charge in [0.05, 0.1) is 12.2 Å². The Labute approximate surface area is 214 Å². The highest BCUT2D eigenvalue weighted by Crippen LogP contribution is 2.36. The van der Waals surface area contributed by atoms with Crippen LogP contribution in [-0.2, 0) is 4.79 Å². The van der Waals surface area contributed by atoms with Crippen LogP contribution in [0.4, 0.5) is 0 Å². The monoisotopic (exact) mass is 547 g/mol. The zero-order valence-corrected chi connectivity index (χ0v) is 21.9. The number of carbonyl (C=O) groups excluding carboxylic acids is 2. The molecule has 2 heterocycles. The number of piperidine rings is 1. The highest BCUT2D eigenvalue weighted by atomic mass is 79.9. The van der Waals surface area contributed by atoms with Crippen molar-refractivity contribution in [1.29, 1.82) is 0 Å². The second-order valence-corrected chi connectivity index (χ2v) is 10.7. The number of ether oxygens (including phenoxy) is 1. The molecule has 2 fully saturated rings. The van der Waals surface area contributed by atoms with E-state index in [0.717, 1.165) is 43.5 Å². The summed E-state index contributed by atoms with van der Waals surface area (Å²) in [6.07, 6.45) is 2.03. The normalized spacial score (nSPS) is 21.4. The molecule has 0 saturated carbocycles. The molecule has 6 nitrogen and oxygen atoms in total. The Morgan fingerprint density at radius 3 is 2.41 bits per heavy atom. The van der Waals surface area contributed by atoms with Gasteiger partial charge in [-0.25, -0.2) is 0 Å². The fourth-order valence-corrected chi connectivity index (χ4v) is 5.34. The molecule has 1 atom stereocenters. The van der Waals surface area contributed by atoms with Gasteiger partial charge in [-0.2, -0.15) is 0 Å². The smallest absolute Gasteiger partial charge is 0.255 e. The highest BCUT2D eigenvalue weighted by Gasteiger charge is 2.41. The molecule has 0 N–H and O–H groups in total. The van der Waals surface area contributed by atoms with Crippen LogP contribution in [0.2, 0.25) is 5.02 Å². The molecule has 1 unspecified atom stereocenters. The van der Waals surface area contributed by atoms with E-state index in [1.165, 1.54) is 0 Å². The van der Waals surface area contributed by atoms with E-state index >= 15 is 0 Å². The summed E-state index contributed by atoms with van der Waals surface area (Å²) in [7, 11) is 2.08. The Kier molecular flexibility index (Phi) is 8.17. The summed E-state index contributed by atoms with van der Waals surface area (Å²) in [5.41, 5.74) is 0.192. The number of carbonyl (C=O) groups is 2. The second kappa shape index (κ2) is 11.1. The third-order valence-corrected chi connectivity index (χ3v) is 7.74. The molecule has 8 heteroatoms. The fourth-order valence-electron chi connectivity index (χ4n) is 4.76. The molecular weight excluding hydrogens is 518 g/mol. The highest BCUT2D eigenvalue weighted by molar-refractivity contribution is 9.10. The van der Waals surface area contributed by atoms with Gasteiger partial charge in [0.15, 0.2) is 0 Å². The van der Waals surface area contributed by atoms with Crippen molar-refractivity contribution in [2.75, 3.05) is 52.9 Å². The van der Waals surface area contributed by atoms with Gasteiger partial charge in [0.2, 0.25) is 5.91 Å². The van der Waals surface area contributed by atoms with Crippen molar-refractivity contribution in [2.24, 2.45) is 5.41 Å². The largest absolute Gasteiger partial charge is 0.493 e. The zero-order chi connectivity index (χ0) is 24.1. The van der Waals surface area contributed by atoms with Gasteiger partial charge in [-0.15, -0.1) is 0 Å². The van der Waals surface area contributed by atoms with Crippen molar-refractivity contribution < 1.29 is 14.3 Å². The number of nitrogens with zero attached hydrogens (tertiary/aromatic N) is 3. The van der Waals surface area contributed by atoms with Gasteiger partial charge < -0.3 is 19.4 Å². The minimum absolute atomic E-state index is 0.0184. The Balaban J connectivity index is 1.53. The third-order valence-electron chi connectivity index (χ3n) is 6.79. The molecule has 2 aromatic rings. The molecule has 2 aliphatic heterocycles. The Morgan fingerprint density at radius 1 is 1.00 bits per heavy atom. The number of rotatable bonds is 6. The van der Waals surface area contributed by atoms with E-state index in [2.05, 4.69) is 27.9 Å². The van der Waals surface area contributed by atoms with E-state index in [4.69, 9.17) is 16.3 Å². The van der Waals surface area contributed by atoms with E-state index in [9.17, 15) is 9.59 Å². The molecule has 2 saturated heterocycles. The first-order chi connectivity index (χ1) is 16.3. The second-order valence-electron chi connectivity index (χ2n) is 9.41. The molecule has 0 bridgehead atoms. The third kappa shape index (κ3) is 6.12. The molecule has 0 radical (unpaired) electrons. The van der Waals surface area contributed by atoms with Crippen LogP contribution in [0.25, 0.3) is 0 Å². The number of amides is 2. The Hall–Kier alpha value is -2.09. The Morgan fingerprint density at radius 2 is 1.71 bits per heavy atom. The van der Waals surface area contributed by atoms with Gasteiger partial charge in [-0.1, -0.05) is 23.7 Å². The lowest BCUT2D eigenvalue weighted by atomic mass is 9.77. The van der Waals surface area contributed by atoms with Gasteiger partial charge in [-0.05, 0) is 72.2 Å². The maximum absolute atomic E-state index is 13.4. The lowest BCUT2D eigenvalue weighted by molar-refractivity contribution is -0.137. The molecule has 34 heavy (non-hydrogen) atoms. The Bertz CT molecular complexity index is 1010. The minimum Gasteiger partial charge on any atom is -0.493 e. The van der Waals surface area contributed by atoms with Gasteiger partial charge in [-0.3, -0.25) is 9.59 Å². The van der Waals surface area contributed by atoms with Crippen molar-refractivity contribution in [3.05, 3.63) is 63.6 Å². The van der Waals surface area contributed by atoms with E-state index < -0.39 is 5.41 Å². The zero-order valence-electron chi connectivity index (χ0n) is 19.5. The maximum atomic E-state index is 13.4. The lowest BCUT2D eigenvalue weighted by Gasteiger charge is -2.43. The summed E-state index contributed by atoms with van der Waals surface area (Å²) in [6.45, 7) is 4.77. The average Bonchev–Trinajstić information content (AvgIpc) is 2.84. The van der Waals surface area contributed by atoms with Crippen molar-refractivity contribution in [2.45, 2.75) is 19.3 Å². The van der Waals surface area contributed by atoms with Crippen LogP contribution in [0.3, 0.4) is 0 Å². The van der Waals surface area contributed by atoms with Crippen LogP contribution in [0.1, 0.15) is 29.6 Å². The topological polar surface area (TPSA) is 53.1 Å². The van der Waals surface area contributed by atoms with Crippen LogP contribution >= 0.6 is 27.5 Å². The predicted molar refractivity (Wildman–Crippen MR) is 137 cm³/mol. The number of benzene rings is 2. The molecule has 2 aromatic carbocycles. The molecular formula is C26H31BrClN3O3. The van der Waals surface area contributed by atoms with Gasteiger partial charge in [0.1, 0.15) is 5.75 Å². The predicted octanol–water partition coefficient (Wildman–Crippen LogP) is 4.57. The summed E-state index contributed by atoms with van der Waals surface area (Å²) < 4.78 is 6.96. The molecule has 0 aliphatic carbocycles. The van der Waals surface area contributed by atoms with Gasteiger partial charge in [0, 0.05) is 60.6 Å². The number of hydrogen-bond acceptors (Lipinski definition) is 4. The van der Waals surface area contributed by atoms with Crippen LogP contribution in [-0.4, -0.2) is 79.4 Å². The average molecular weight is 549 g/mol. The number of piperazine rings is 1. The SMILES string of the molecule is CN1CCN(C(=O)CC2(COc3ccc(Cl)cc3)CCCN(C(=O)c3ccccc3Br)C2)CC1. The first-order valence-corrected chi connectivity index (χ1v) is 12.9. The van der Waals surface area contributed by atoms with E-state index in [-0.39, 0.29) is 11.8 Å². The molecule has 2 aliphatic rings. The van der Waals surface area contributed by atoms with Crippen LogP contribution in [0, 0.1) is 5.41 Å². The molecule has 0 aromatic heterocycles.